The second-order valence-corrected chi connectivity index (χ2v) is 17.1. The van der Waals surface area contributed by atoms with Crippen molar-refractivity contribution in [3.05, 3.63) is 37.4 Å². The summed E-state index contributed by atoms with van der Waals surface area (Å²) in [7, 11) is -3.19. The fraction of sp³-hybridized carbons (Fsp3) is 0.514. The minimum absolute atomic E-state index is 0. The van der Waals surface area contributed by atoms with Crippen molar-refractivity contribution < 1.29 is 17.9 Å². The van der Waals surface area contributed by atoms with Crippen LogP contribution >= 0.6 is 12.4 Å². The molecule has 0 amide bonds. The van der Waals surface area contributed by atoms with Crippen molar-refractivity contribution in [2.75, 3.05) is 106 Å². The second kappa shape index (κ2) is 18.3. The number of aromatic nitrogens is 12. The van der Waals surface area contributed by atoms with Gasteiger partial charge in [0.05, 0.1) is 45.3 Å². The van der Waals surface area contributed by atoms with E-state index in [1.165, 1.54) is 10.6 Å². The molecule has 10 heterocycles. The van der Waals surface area contributed by atoms with Crippen LogP contribution in [0.2, 0.25) is 0 Å². The number of rotatable bonds is 7. The van der Waals surface area contributed by atoms with Gasteiger partial charge in [-0.05, 0) is 38.8 Å². The quantitative estimate of drug-likeness (QED) is 0.204. The highest BCUT2D eigenvalue weighted by Gasteiger charge is 2.29. The molecule has 4 fully saturated rings. The summed E-state index contributed by atoms with van der Waals surface area (Å²) in [5.74, 6) is 1.72. The summed E-state index contributed by atoms with van der Waals surface area (Å²) >= 11 is 0. The van der Waals surface area contributed by atoms with E-state index in [0.717, 1.165) is 61.4 Å². The Morgan fingerprint density at radius 2 is 1.02 bits per heavy atom. The first-order valence-electron chi connectivity index (χ1n) is 20.2. The van der Waals surface area contributed by atoms with Gasteiger partial charge in [-0.25, -0.2) is 52.6 Å². The van der Waals surface area contributed by atoms with Crippen molar-refractivity contribution in [3.8, 4) is 22.5 Å². The molecule has 24 heteroatoms. The van der Waals surface area contributed by atoms with Gasteiger partial charge in [0.15, 0.2) is 11.3 Å². The van der Waals surface area contributed by atoms with E-state index in [1.807, 2.05) is 10.9 Å². The first-order chi connectivity index (χ1) is 29.2. The van der Waals surface area contributed by atoms with Crippen molar-refractivity contribution in [2.45, 2.75) is 37.8 Å². The van der Waals surface area contributed by atoms with Crippen LogP contribution in [-0.4, -0.2) is 157 Å². The topological polar surface area (TPSA) is 265 Å². The van der Waals surface area contributed by atoms with Gasteiger partial charge in [-0.1, -0.05) is 0 Å². The predicted octanol–water partition coefficient (Wildman–Crippen LogP) is 1.35. The summed E-state index contributed by atoms with van der Waals surface area (Å²) in [5.41, 5.74) is 17.2. The molecule has 0 radical (unpaired) electrons. The number of ether oxygens (including phenoxy) is 2. The molecular weight excluding hydrogens is 828 g/mol. The number of morpholine rings is 2. The molecular formula is C37H49ClN18O4S. The average molecular weight is 877 g/mol. The minimum atomic E-state index is -3.19. The van der Waals surface area contributed by atoms with Crippen LogP contribution in [0.3, 0.4) is 0 Å². The number of nitrogens with one attached hydrogen (secondary N) is 1. The number of fused-ring (bicyclic) bond motifs is 2. The Morgan fingerprint density at radius 1 is 0.607 bits per heavy atom. The molecule has 324 valence electrons. The number of piperidine rings is 2. The van der Waals surface area contributed by atoms with Crippen molar-refractivity contribution >= 4 is 68.6 Å². The summed E-state index contributed by atoms with van der Waals surface area (Å²) < 4.78 is 40.5. The van der Waals surface area contributed by atoms with Crippen LogP contribution in [0.15, 0.2) is 37.4 Å². The third-order valence-corrected chi connectivity index (χ3v) is 12.6. The lowest BCUT2D eigenvalue weighted by Crippen LogP contribution is -2.38. The summed E-state index contributed by atoms with van der Waals surface area (Å²) in [6, 6.07) is 0.482. The van der Waals surface area contributed by atoms with E-state index in [2.05, 4.69) is 49.6 Å². The zero-order chi connectivity index (χ0) is 41.2. The normalized spacial score (nSPS) is 18.5. The number of anilines is 4. The maximum atomic E-state index is 11.9. The summed E-state index contributed by atoms with van der Waals surface area (Å²) in [4.78, 5) is 49.4. The van der Waals surface area contributed by atoms with Gasteiger partial charge in [0.2, 0.25) is 33.8 Å². The number of nitrogens with zero attached hydrogens (tertiary/aromatic N) is 15. The Morgan fingerprint density at radius 3 is 1.43 bits per heavy atom. The van der Waals surface area contributed by atoms with E-state index < -0.39 is 10.0 Å². The van der Waals surface area contributed by atoms with Crippen LogP contribution < -0.4 is 26.6 Å². The maximum Gasteiger partial charge on any atom is 0.228 e. The van der Waals surface area contributed by atoms with E-state index in [4.69, 9.17) is 40.9 Å². The van der Waals surface area contributed by atoms with E-state index in [0.29, 0.717) is 106 Å². The SMILES string of the molecule is CS(=O)(=O)N1CCC(n2cnc3c(-c4cnc(N)nc4)nc(N4CCOCC4)nc32)CC1.Cl.Nc1ncc(-c2nc(N3CCOCC3)nc3c2ncn3C2CCNCC2)cn1. The van der Waals surface area contributed by atoms with Gasteiger partial charge in [0, 0.05) is 87.3 Å². The fourth-order valence-electron chi connectivity index (χ4n) is 8.01. The Bertz CT molecular complexity index is 2530. The zero-order valence-corrected chi connectivity index (χ0v) is 35.4. The number of halogens is 1. The van der Waals surface area contributed by atoms with Gasteiger partial charge in [-0.3, -0.25) is 0 Å². The predicted molar refractivity (Wildman–Crippen MR) is 231 cm³/mol. The van der Waals surface area contributed by atoms with E-state index in [9.17, 15) is 8.42 Å². The highest BCUT2D eigenvalue weighted by atomic mass is 35.5. The Balaban J connectivity index is 0.000000167. The van der Waals surface area contributed by atoms with Gasteiger partial charge in [-0.15, -0.1) is 12.4 Å². The highest BCUT2D eigenvalue weighted by molar-refractivity contribution is 7.88. The van der Waals surface area contributed by atoms with Crippen LogP contribution in [-0.2, 0) is 19.5 Å². The first-order valence-corrected chi connectivity index (χ1v) is 22.0. The van der Waals surface area contributed by atoms with Crippen LogP contribution in [0.5, 0.6) is 0 Å². The lowest BCUT2D eigenvalue weighted by molar-refractivity contribution is 0.122. The molecule has 6 aromatic heterocycles. The Hall–Kier alpha value is -5.46. The van der Waals surface area contributed by atoms with Gasteiger partial charge in [0.25, 0.3) is 0 Å². The molecule has 61 heavy (non-hydrogen) atoms. The smallest absolute Gasteiger partial charge is 0.228 e. The lowest BCUT2D eigenvalue weighted by atomic mass is 10.1. The second-order valence-electron chi connectivity index (χ2n) is 15.1. The van der Waals surface area contributed by atoms with Crippen LogP contribution in [0, 0.1) is 0 Å². The van der Waals surface area contributed by atoms with Gasteiger partial charge >= 0.3 is 0 Å². The number of sulfonamides is 1. The largest absolute Gasteiger partial charge is 0.378 e. The number of imidazole rings is 2. The van der Waals surface area contributed by atoms with Crippen molar-refractivity contribution in [2.24, 2.45) is 0 Å². The maximum absolute atomic E-state index is 11.9. The third kappa shape index (κ3) is 9.11. The minimum Gasteiger partial charge on any atom is -0.378 e. The molecule has 22 nitrogen and oxygen atoms in total. The monoisotopic (exact) mass is 876 g/mol. The summed E-state index contributed by atoms with van der Waals surface area (Å²) in [6.07, 6.45) is 15.1. The Kier molecular flexibility index (Phi) is 12.6. The lowest BCUT2D eigenvalue weighted by Gasteiger charge is -2.31. The van der Waals surface area contributed by atoms with Crippen molar-refractivity contribution in [1.29, 1.82) is 0 Å². The molecule has 0 aliphatic carbocycles. The molecule has 0 aromatic carbocycles. The van der Waals surface area contributed by atoms with Crippen molar-refractivity contribution in [1.82, 2.24) is 68.6 Å². The molecule has 0 bridgehead atoms. The van der Waals surface area contributed by atoms with Crippen LogP contribution in [0.25, 0.3) is 44.8 Å². The molecule has 4 aliphatic rings. The number of nitrogen functional groups attached to an aromatic ring is 2. The van der Waals surface area contributed by atoms with Crippen LogP contribution in [0.4, 0.5) is 23.8 Å². The van der Waals surface area contributed by atoms with E-state index >= 15 is 0 Å². The molecule has 0 spiro atoms. The van der Waals surface area contributed by atoms with Crippen molar-refractivity contribution in [3.63, 3.8) is 0 Å². The highest BCUT2D eigenvalue weighted by Crippen LogP contribution is 2.33. The summed E-state index contributed by atoms with van der Waals surface area (Å²) in [6.45, 7) is 8.48. The summed E-state index contributed by atoms with van der Waals surface area (Å²) in [5, 5.41) is 3.41. The average Bonchev–Trinajstić information content (AvgIpc) is 3.92. The number of nitrogens with two attached hydrogens (primary N) is 2. The third-order valence-electron chi connectivity index (χ3n) is 11.3. The molecule has 6 aromatic rings. The van der Waals surface area contributed by atoms with Gasteiger partial charge < -0.3 is 45.2 Å². The van der Waals surface area contributed by atoms with E-state index in [-0.39, 0.29) is 30.3 Å². The molecule has 0 atom stereocenters. The van der Waals surface area contributed by atoms with Gasteiger partial charge in [-0.2, -0.15) is 9.97 Å². The number of hydrogen-bond donors (Lipinski definition) is 3. The Labute approximate surface area is 358 Å². The standard InChI is InChI=1S/C19H25N9O3S.C18H23N9O.ClH/c1-32(29,30)27-4-2-14(3-5-27)28-12-23-16-15(13-10-21-18(20)22-11-13)24-19(25-17(16)28)26-6-8-31-9-7-26;19-17-21-9-12(10-22-17)14-15-16(25-18(24-14)26-5-7-28-8-6-26)27(11-23-15)13-1-3-20-4-2-13;/h10-12,14H,2-9H2,1H3,(H2,20,21,22);9-11,13,20H,1-8H2,(H2,19,21,22);1H. The molecule has 4 saturated heterocycles. The molecule has 4 aliphatic heterocycles. The zero-order valence-electron chi connectivity index (χ0n) is 33.7. The van der Waals surface area contributed by atoms with Crippen LogP contribution in [0.1, 0.15) is 37.8 Å². The first kappa shape index (κ1) is 42.2. The molecule has 10 rings (SSSR count). The molecule has 0 unspecified atom stereocenters. The molecule has 5 N–H and O–H groups in total. The number of hydrogen-bond acceptors (Lipinski definition) is 19. The molecule has 0 saturated carbocycles. The fourth-order valence-corrected chi connectivity index (χ4v) is 8.89. The van der Waals surface area contributed by atoms with Gasteiger partial charge in [0.1, 0.15) is 22.4 Å². The van der Waals surface area contributed by atoms with E-state index in [1.54, 1.807) is 31.1 Å².